The van der Waals surface area contributed by atoms with Gasteiger partial charge in [-0.2, -0.15) is 0 Å². The second kappa shape index (κ2) is 8.26. The fraction of sp³-hybridized carbons (Fsp3) is 0.619. The van der Waals surface area contributed by atoms with Gasteiger partial charge in [0, 0.05) is 17.5 Å². The first-order chi connectivity index (χ1) is 14.0. The van der Waals surface area contributed by atoms with Gasteiger partial charge in [0.25, 0.3) is 11.5 Å². The number of aromatic nitrogens is 2. The highest BCUT2D eigenvalue weighted by Crippen LogP contribution is 2.35. The van der Waals surface area contributed by atoms with E-state index in [9.17, 15) is 14.4 Å². The maximum absolute atomic E-state index is 12.7. The maximum Gasteiger partial charge on any atom is 0.326 e. The van der Waals surface area contributed by atoms with Gasteiger partial charge in [-0.15, -0.1) is 11.3 Å². The SMILES string of the molecule is Cc1sc2ncn(CC(=O)OCC(=O)N3CCC[C@@H]4CCCC[C@@H]43)c(=O)c2c1C. The third-order valence-electron chi connectivity index (χ3n) is 6.38. The van der Waals surface area contributed by atoms with Crippen LogP contribution in [-0.4, -0.2) is 45.5 Å². The van der Waals surface area contributed by atoms with Crippen LogP contribution in [-0.2, 0) is 20.9 Å². The fourth-order valence-corrected chi connectivity index (χ4v) is 5.71. The number of piperidine rings is 1. The number of fused-ring (bicyclic) bond motifs is 2. The molecule has 4 rings (SSSR count). The highest BCUT2D eigenvalue weighted by Gasteiger charge is 2.35. The summed E-state index contributed by atoms with van der Waals surface area (Å²) in [5, 5.41) is 0.551. The molecule has 0 radical (unpaired) electrons. The fourth-order valence-electron chi connectivity index (χ4n) is 4.73. The number of rotatable bonds is 4. The van der Waals surface area contributed by atoms with E-state index < -0.39 is 5.97 Å². The number of aryl methyl sites for hydroxylation is 2. The highest BCUT2D eigenvalue weighted by atomic mass is 32.1. The molecule has 0 spiro atoms. The Balaban J connectivity index is 1.38. The summed E-state index contributed by atoms with van der Waals surface area (Å²) in [5.41, 5.74) is 0.647. The zero-order valence-electron chi connectivity index (χ0n) is 17.0. The quantitative estimate of drug-likeness (QED) is 0.715. The molecule has 7 nitrogen and oxygen atoms in total. The summed E-state index contributed by atoms with van der Waals surface area (Å²) in [5.74, 6) is -0.130. The molecule has 0 aromatic carbocycles. The zero-order chi connectivity index (χ0) is 20.5. The third kappa shape index (κ3) is 3.95. The van der Waals surface area contributed by atoms with Gasteiger partial charge in [0.05, 0.1) is 11.7 Å². The summed E-state index contributed by atoms with van der Waals surface area (Å²) < 4.78 is 6.48. The van der Waals surface area contributed by atoms with Gasteiger partial charge in [-0.05, 0) is 51.0 Å². The normalized spacial score (nSPS) is 21.8. The zero-order valence-corrected chi connectivity index (χ0v) is 17.8. The van der Waals surface area contributed by atoms with Crippen molar-refractivity contribution in [2.45, 2.75) is 65.0 Å². The number of ether oxygens (including phenoxy) is 1. The lowest BCUT2D eigenvalue weighted by molar-refractivity contribution is -0.155. The first-order valence-electron chi connectivity index (χ1n) is 10.4. The topological polar surface area (TPSA) is 81.5 Å². The van der Waals surface area contributed by atoms with Crippen LogP contribution in [0.1, 0.15) is 49.0 Å². The van der Waals surface area contributed by atoms with Crippen LogP contribution in [0.3, 0.4) is 0 Å². The molecule has 1 amide bonds. The molecule has 2 aromatic heterocycles. The van der Waals surface area contributed by atoms with Gasteiger partial charge >= 0.3 is 5.97 Å². The number of hydrogen-bond donors (Lipinski definition) is 0. The van der Waals surface area contributed by atoms with E-state index in [-0.39, 0.29) is 24.6 Å². The summed E-state index contributed by atoms with van der Waals surface area (Å²) in [7, 11) is 0. The van der Waals surface area contributed by atoms with Crippen LogP contribution in [0.25, 0.3) is 10.2 Å². The first-order valence-corrected chi connectivity index (χ1v) is 11.2. The van der Waals surface area contributed by atoms with Crippen molar-refractivity contribution in [2.75, 3.05) is 13.2 Å². The summed E-state index contributed by atoms with van der Waals surface area (Å²) in [6.07, 6.45) is 8.22. The van der Waals surface area contributed by atoms with Crippen LogP contribution in [0, 0.1) is 19.8 Å². The largest absolute Gasteiger partial charge is 0.454 e. The Morgan fingerprint density at radius 2 is 1.97 bits per heavy atom. The number of nitrogens with zero attached hydrogens (tertiary/aromatic N) is 3. The van der Waals surface area contributed by atoms with Crippen molar-refractivity contribution in [3.8, 4) is 0 Å². The van der Waals surface area contributed by atoms with Crippen molar-refractivity contribution in [1.29, 1.82) is 0 Å². The standard InChI is InChI=1S/C21H27N3O4S/c1-13-14(2)29-20-19(13)21(27)23(12-22-20)10-18(26)28-11-17(25)24-9-5-7-15-6-3-4-8-16(15)24/h12,15-16H,3-11H2,1-2H3/t15-,16-/m0/s1. The van der Waals surface area contributed by atoms with Gasteiger partial charge in [-0.25, -0.2) is 4.98 Å². The Bertz CT molecular complexity index is 994. The molecule has 8 heteroatoms. The minimum Gasteiger partial charge on any atom is -0.454 e. The predicted octanol–water partition coefficient (Wildman–Crippen LogP) is 2.80. The Morgan fingerprint density at radius 1 is 1.21 bits per heavy atom. The molecule has 1 aliphatic heterocycles. The summed E-state index contributed by atoms with van der Waals surface area (Å²) in [6.45, 7) is 4.07. The molecule has 3 heterocycles. The Labute approximate surface area is 173 Å². The number of thiophene rings is 1. The van der Waals surface area contributed by atoms with E-state index in [1.807, 2.05) is 18.7 Å². The highest BCUT2D eigenvalue weighted by molar-refractivity contribution is 7.18. The van der Waals surface area contributed by atoms with Crippen molar-refractivity contribution in [3.63, 3.8) is 0 Å². The Hall–Kier alpha value is -2.22. The molecular weight excluding hydrogens is 390 g/mol. The summed E-state index contributed by atoms with van der Waals surface area (Å²) in [4.78, 5) is 45.6. The van der Waals surface area contributed by atoms with E-state index in [2.05, 4.69) is 4.98 Å². The van der Waals surface area contributed by atoms with E-state index in [0.29, 0.717) is 22.2 Å². The van der Waals surface area contributed by atoms with Crippen molar-refractivity contribution in [2.24, 2.45) is 5.92 Å². The summed E-state index contributed by atoms with van der Waals surface area (Å²) in [6, 6.07) is 0.294. The van der Waals surface area contributed by atoms with E-state index in [0.717, 1.165) is 36.2 Å². The number of likely N-dealkylation sites (tertiary alicyclic amines) is 1. The summed E-state index contributed by atoms with van der Waals surface area (Å²) >= 11 is 1.47. The molecule has 2 fully saturated rings. The van der Waals surface area contributed by atoms with Crippen LogP contribution in [0.5, 0.6) is 0 Å². The van der Waals surface area contributed by atoms with Gasteiger partial charge in [-0.3, -0.25) is 19.0 Å². The molecule has 1 saturated carbocycles. The lowest BCUT2D eigenvalue weighted by Gasteiger charge is -2.44. The number of hydrogen-bond acceptors (Lipinski definition) is 6. The second-order valence-electron chi connectivity index (χ2n) is 8.14. The molecular formula is C21H27N3O4S. The average Bonchev–Trinajstić information content (AvgIpc) is 3.02. The molecule has 2 aliphatic rings. The minimum atomic E-state index is -0.594. The van der Waals surface area contributed by atoms with Crippen LogP contribution in [0.2, 0.25) is 0 Å². The van der Waals surface area contributed by atoms with Gasteiger partial charge in [0.1, 0.15) is 11.4 Å². The van der Waals surface area contributed by atoms with Crippen LogP contribution in [0.15, 0.2) is 11.1 Å². The number of amides is 1. The molecule has 0 N–H and O–H groups in total. The molecule has 156 valence electrons. The first kappa shape index (κ1) is 20.1. The Kier molecular flexibility index (Phi) is 5.72. The van der Waals surface area contributed by atoms with Gasteiger partial charge < -0.3 is 9.64 Å². The molecule has 29 heavy (non-hydrogen) atoms. The van der Waals surface area contributed by atoms with Gasteiger partial charge in [0.2, 0.25) is 0 Å². The van der Waals surface area contributed by atoms with Crippen molar-refractivity contribution >= 4 is 33.4 Å². The average molecular weight is 418 g/mol. The second-order valence-corrected chi connectivity index (χ2v) is 9.35. The molecule has 0 bridgehead atoms. The number of esters is 1. The minimum absolute atomic E-state index is 0.125. The monoisotopic (exact) mass is 417 g/mol. The molecule has 0 unspecified atom stereocenters. The van der Waals surface area contributed by atoms with E-state index in [4.69, 9.17) is 4.74 Å². The van der Waals surface area contributed by atoms with Crippen LogP contribution >= 0.6 is 11.3 Å². The van der Waals surface area contributed by atoms with E-state index in [1.165, 1.54) is 41.5 Å². The van der Waals surface area contributed by atoms with Crippen molar-refractivity contribution in [1.82, 2.24) is 14.5 Å². The lowest BCUT2D eigenvalue weighted by Crippen LogP contribution is -2.51. The number of carbonyl (C=O) groups excluding carboxylic acids is 2. The Morgan fingerprint density at radius 3 is 2.79 bits per heavy atom. The van der Waals surface area contributed by atoms with Crippen LogP contribution in [0.4, 0.5) is 0 Å². The maximum atomic E-state index is 12.7. The molecule has 2 aromatic rings. The van der Waals surface area contributed by atoms with E-state index >= 15 is 0 Å². The molecule has 1 aliphatic carbocycles. The van der Waals surface area contributed by atoms with Gasteiger partial charge in [-0.1, -0.05) is 12.8 Å². The lowest BCUT2D eigenvalue weighted by atomic mass is 9.78. The number of carbonyl (C=O) groups is 2. The smallest absolute Gasteiger partial charge is 0.326 e. The van der Waals surface area contributed by atoms with Crippen molar-refractivity contribution < 1.29 is 14.3 Å². The van der Waals surface area contributed by atoms with Crippen LogP contribution < -0.4 is 5.56 Å². The molecule has 1 saturated heterocycles. The predicted molar refractivity (Wildman–Crippen MR) is 111 cm³/mol. The van der Waals surface area contributed by atoms with Crippen molar-refractivity contribution in [3.05, 3.63) is 27.1 Å². The van der Waals surface area contributed by atoms with Gasteiger partial charge in [0.15, 0.2) is 6.61 Å². The third-order valence-corrected chi connectivity index (χ3v) is 7.49. The van der Waals surface area contributed by atoms with E-state index in [1.54, 1.807) is 0 Å². The molecule has 2 atom stereocenters.